The molecule has 1 atom stereocenters. The molecule has 0 spiro atoms. The van der Waals surface area contributed by atoms with Crippen LogP contribution in [0.2, 0.25) is 0 Å². The maximum atomic E-state index is 13.6. The maximum absolute atomic E-state index is 13.6. The summed E-state index contributed by atoms with van der Waals surface area (Å²) in [4.78, 5) is 39.6. The van der Waals surface area contributed by atoms with Crippen LogP contribution in [0.4, 0.5) is 10.5 Å². The second-order valence-corrected chi connectivity index (χ2v) is 9.33. The number of carbonyl (C=O) groups is 3. The fourth-order valence-electron chi connectivity index (χ4n) is 3.63. The molecule has 34 heavy (non-hydrogen) atoms. The highest BCUT2D eigenvalue weighted by atomic mass is 16.6. The minimum absolute atomic E-state index is 0.420. The lowest BCUT2D eigenvalue weighted by Gasteiger charge is -2.28. The van der Waals surface area contributed by atoms with Gasteiger partial charge in [0.15, 0.2) is 0 Å². The minimum atomic E-state index is -1.10. The van der Waals surface area contributed by atoms with Gasteiger partial charge in [0, 0.05) is 11.7 Å². The van der Waals surface area contributed by atoms with Crippen molar-refractivity contribution in [2.24, 2.45) is 0 Å². The lowest BCUT2D eigenvalue weighted by atomic mass is 9.99. The van der Waals surface area contributed by atoms with E-state index in [9.17, 15) is 14.4 Å². The van der Waals surface area contributed by atoms with Crippen molar-refractivity contribution in [2.75, 3.05) is 11.9 Å². The van der Waals surface area contributed by atoms with E-state index in [0.29, 0.717) is 11.3 Å². The molecule has 0 fully saturated rings. The fraction of sp³-hybridized carbons (Fsp3) is 0.370. The van der Waals surface area contributed by atoms with Gasteiger partial charge in [-0.3, -0.25) is 14.5 Å². The van der Waals surface area contributed by atoms with Crippen molar-refractivity contribution in [2.45, 2.75) is 60.1 Å². The standard InChI is InChI=1S/C27H33N3O4/c1-9-30(22(31)16-28-26(33)34-27(6,7)8)24(21-14-17(2)13-18(3)15-21)25(32)29-23-19(4)11-10-12-20(23)5/h1,10-15,24H,16H2,2-8H3,(H,28,33)(H,29,32). The summed E-state index contributed by atoms with van der Waals surface area (Å²) in [6, 6.07) is 12.5. The number of aryl methyl sites for hydroxylation is 4. The zero-order valence-corrected chi connectivity index (χ0v) is 20.9. The second-order valence-electron chi connectivity index (χ2n) is 9.33. The molecule has 0 aromatic heterocycles. The largest absolute Gasteiger partial charge is 0.444 e. The molecular weight excluding hydrogens is 430 g/mol. The van der Waals surface area contributed by atoms with E-state index in [1.165, 1.54) is 0 Å². The van der Waals surface area contributed by atoms with E-state index in [0.717, 1.165) is 27.2 Å². The number of terminal acetylenes is 1. The van der Waals surface area contributed by atoms with Crippen molar-refractivity contribution in [1.29, 1.82) is 0 Å². The first kappa shape index (κ1) is 26.5. The molecular formula is C27H33N3O4. The normalized spacial score (nSPS) is 11.7. The number of nitrogens with one attached hydrogen (secondary N) is 2. The van der Waals surface area contributed by atoms with Gasteiger partial charge >= 0.3 is 6.09 Å². The van der Waals surface area contributed by atoms with E-state index in [1.807, 2.05) is 64.1 Å². The Kier molecular flexibility index (Phi) is 8.47. The average Bonchev–Trinajstić information content (AvgIpc) is 2.70. The van der Waals surface area contributed by atoms with Gasteiger partial charge in [0.05, 0.1) is 0 Å². The third-order valence-electron chi connectivity index (χ3n) is 4.99. The Morgan fingerprint density at radius 2 is 1.59 bits per heavy atom. The first-order chi connectivity index (χ1) is 15.8. The van der Waals surface area contributed by atoms with Crippen molar-refractivity contribution < 1.29 is 19.1 Å². The van der Waals surface area contributed by atoms with E-state index >= 15 is 0 Å². The smallest absolute Gasteiger partial charge is 0.408 e. The van der Waals surface area contributed by atoms with Gasteiger partial charge in [-0.2, -0.15) is 0 Å². The van der Waals surface area contributed by atoms with Crippen LogP contribution in [0.15, 0.2) is 36.4 Å². The Bertz CT molecular complexity index is 1090. The quantitative estimate of drug-likeness (QED) is 0.486. The summed E-state index contributed by atoms with van der Waals surface area (Å²) in [6.45, 7) is 12.3. The van der Waals surface area contributed by atoms with Crippen molar-refractivity contribution >= 4 is 23.6 Å². The van der Waals surface area contributed by atoms with E-state index in [2.05, 4.69) is 16.7 Å². The molecule has 0 saturated carbocycles. The van der Waals surface area contributed by atoms with Crippen LogP contribution < -0.4 is 10.6 Å². The Morgan fingerprint density at radius 1 is 1.03 bits per heavy atom. The second kappa shape index (κ2) is 10.9. The summed E-state index contributed by atoms with van der Waals surface area (Å²) < 4.78 is 5.18. The minimum Gasteiger partial charge on any atom is -0.444 e. The van der Waals surface area contributed by atoms with Crippen LogP contribution in [-0.2, 0) is 14.3 Å². The number of anilines is 1. The molecule has 0 saturated heterocycles. The average molecular weight is 464 g/mol. The molecule has 0 heterocycles. The van der Waals surface area contributed by atoms with Gasteiger partial charge in [-0.1, -0.05) is 53.9 Å². The molecule has 0 aliphatic heterocycles. The van der Waals surface area contributed by atoms with E-state index in [1.54, 1.807) is 20.8 Å². The molecule has 0 aliphatic carbocycles. The van der Waals surface area contributed by atoms with Crippen molar-refractivity contribution in [3.05, 3.63) is 64.2 Å². The molecule has 7 nitrogen and oxygen atoms in total. The predicted molar refractivity (Wildman–Crippen MR) is 133 cm³/mol. The first-order valence-corrected chi connectivity index (χ1v) is 11.0. The van der Waals surface area contributed by atoms with Gasteiger partial charge in [0.2, 0.25) is 0 Å². The lowest BCUT2D eigenvalue weighted by Crippen LogP contribution is -2.44. The van der Waals surface area contributed by atoms with Gasteiger partial charge in [0.25, 0.3) is 11.8 Å². The summed E-state index contributed by atoms with van der Waals surface area (Å²) in [5.41, 5.74) is 4.15. The lowest BCUT2D eigenvalue weighted by molar-refractivity contribution is -0.134. The number of alkyl carbamates (subject to hydrolysis) is 1. The topological polar surface area (TPSA) is 87.7 Å². The molecule has 2 rings (SSSR count). The molecule has 2 N–H and O–H groups in total. The summed E-state index contributed by atoms with van der Waals surface area (Å²) in [7, 11) is 0. The molecule has 7 heteroatoms. The van der Waals surface area contributed by atoms with Gasteiger partial charge in [-0.05, 0) is 65.2 Å². The first-order valence-electron chi connectivity index (χ1n) is 11.0. The highest BCUT2D eigenvalue weighted by Gasteiger charge is 2.32. The number of rotatable bonds is 6. The number of carbonyl (C=O) groups excluding carboxylic acids is 3. The van der Waals surface area contributed by atoms with E-state index in [-0.39, 0.29) is 0 Å². The number of ether oxygens (including phenoxy) is 1. The van der Waals surface area contributed by atoms with Gasteiger partial charge in [0.1, 0.15) is 18.2 Å². The highest BCUT2D eigenvalue weighted by Crippen LogP contribution is 2.27. The van der Waals surface area contributed by atoms with Gasteiger partial charge in [-0.25, -0.2) is 4.79 Å². The summed E-state index contributed by atoms with van der Waals surface area (Å²) in [5, 5.41) is 5.35. The third kappa shape index (κ3) is 7.11. The highest BCUT2D eigenvalue weighted by molar-refractivity contribution is 6.00. The maximum Gasteiger partial charge on any atom is 0.408 e. The molecule has 1 unspecified atom stereocenters. The van der Waals surface area contributed by atoms with Gasteiger partial charge < -0.3 is 15.4 Å². The van der Waals surface area contributed by atoms with Crippen LogP contribution >= 0.6 is 0 Å². The number of amides is 3. The number of hydrogen-bond acceptors (Lipinski definition) is 4. The van der Waals surface area contributed by atoms with E-state index < -0.39 is 36.1 Å². The molecule has 0 bridgehead atoms. The summed E-state index contributed by atoms with van der Waals surface area (Å²) in [5.74, 6) is -1.07. The fourth-order valence-corrected chi connectivity index (χ4v) is 3.63. The van der Waals surface area contributed by atoms with Crippen LogP contribution in [-0.4, -0.2) is 35.0 Å². The molecule has 3 amide bonds. The van der Waals surface area contributed by atoms with Crippen LogP contribution in [0.5, 0.6) is 0 Å². The zero-order valence-electron chi connectivity index (χ0n) is 20.9. The molecule has 2 aromatic rings. The third-order valence-corrected chi connectivity index (χ3v) is 4.99. The molecule has 0 radical (unpaired) electrons. The van der Waals surface area contributed by atoms with Crippen LogP contribution in [0.3, 0.4) is 0 Å². The van der Waals surface area contributed by atoms with Crippen molar-refractivity contribution in [3.63, 3.8) is 0 Å². The molecule has 0 aliphatic rings. The number of hydrogen-bond donors (Lipinski definition) is 2. The molecule has 180 valence electrons. The number of para-hydroxylation sites is 1. The van der Waals surface area contributed by atoms with Crippen LogP contribution in [0.1, 0.15) is 54.6 Å². The Hall–Kier alpha value is -3.79. The number of benzene rings is 2. The van der Waals surface area contributed by atoms with Gasteiger partial charge in [-0.15, -0.1) is 0 Å². The number of nitrogens with zero attached hydrogens (tertiary/aromatic N) is 1. The summed E-state index contributed by atoms with van der Waals surface area (Å²) in [6.07, 6.45) is 4.97. The predicted octanol–water partition coefficient (Wildman–Crippen LogP) is 4.54. The Morgan fingerprint density at radius 3 is 2.09 bits per heavy atom. The van der Waals surface area contributed by atoms with Crippen LogP contribution in [0.25, 0.3) is 0 Å². The monoisotopic (exact) mass is 463 g/mol. The molecule has 2 aromatic carbocycles. The van der Waals surface area contributed by atoms with E-state index in [4.69, 9.17) is 11.2 Å². The van der Waals surface area contributed by atoms with Crippen molar-refractivity contribution in [3.8, 4) is 12.5 Å². The van der Waals surface area contributed by atoms with Crippen molar-refractivity contribution in [1.82, 2.24) is 10.2 Å². The Balaban J connectivity index is 2.39. The summed E-state index contributed by atoms with van der Waals surface area (Å²) >= 11 is 0. The zero-order chi connectivity index (χ0) is 25.6. The Labute approximate surface area is 201 Å². The van der Waals surface area contributed by atoms with Crippen LogP contribution in [0, 0.1) is 40.2 Å². The SMILES string of the molecule is C#CN(C(=O)CNC(=O)OC(C)(C)C)C(C(=O)Nc1c(C)cccc1C)c1cc(C)cc(C)c1.